The maximum absolute atomic E-state index is 13.2. The third-order valence-electron chi connectivity index (χ3n) is 4.02. The van der Waals surface area contributed by atoms with E-state index < -0.39 is 34.4 Å². The zero-order valence-corrected chi connectivity index (χ0v) is 16.5. The van der Waals surface area contributed by atoms with Crippen molar-refractivity contribution in [2.75, 3.05) is 30.3 Å². The second-order valence-electron chi connectivity index (χ2n) is 6.16. The summed E-state index contributed by atoms with van der Waals surface area (Å²) in [6.45, 7) is 1.07. The maximum Gasteiger partial charge on any atom is 0.304 e. The molecule has 0 aliphatic rings. The molecule has 0 aliphatic carbocycles. The predicted octanol–water partition coefficient (Wildman–Crippen LogP) is 1.48. The summed E-state index contributed by atoms with van der Waals surface area (Å²) in [6.07, 6.45) is 0. The van der Waals surface area contributed by atoms with E-state index in [-0.39, 0.29) is 11.3 Å². The van der Waals surface area contributed by atoms with Gasteiger partial charge in [0.2, 0.25) is 11.8 Å². The van der Waals surface area contributed by atoms with Gasteiger partial charge in [-0.25, -0.2) is 8.70 Å². The van der Waals surface area contributed by atoms with E-state index in [0.29, 0.717) is 11.3 Å². The highest BCUT2D eigenvalue weighted by Crippen LogP contribution is 2.22. The number of nitrogens with two attached hydrogens (primary N) is 1. The number of hydrogen-bond donors (Lipinski definition) is 2. The third kappa shape index (κ3) is 4.65. The Morgan fingerprint density at radius 3 is 2.25 bits per heavy atom. The quantitative estimate of drug-likeness (QED) is 0.722. The summed E-state index contributed by atoms with van der Waals surface area (Å²) < 4.78 is 40.3. The van der Waals surface area contributed by atoms with Gasteiger partial charge in [-0.05, 0) is 48.9 Å². The van der Waals surface area contributed by atoms with Crippen molar-refractivity contribution in [3.05, 3.63) is 59.4 Å². The molecule has 28 heavy (non-hydrogen) atoms. The van der Waals surface area contributed by atoms with Gasteiger partial charge < -0.3 is 11.1 Å². The molecule has 0 fully saturated rings. The van der Waals surface area contributed by atoms with Gasteiger partial charge in [0, 0.05) is 25.3 Å². The van der Waals surface area contributed by atoms with E-state index in [4.69, 9.17) is 5.73 Å². The SMILES string of the molecule is Cc1c(NC(=O)CN(c2ccc(F)cc2)S(=O)(=O)N(C)C)cccc1C(N)=O. The fourth-order valence-corrected chi connectivity index (χ4v) is 3.53. The molecule has 0 unspecified atom stereocenters. The molecule has 0 aromatic heterocycles. The van der Waals surface area contributed by atoms with Crippen molar-refractivity contribution in [3.63, 3.8) is 0 Å². The van der Waals surface area contributed by atoms with Crippen molar-refractivity contribution >= 4 is 33.4 Å². The molecular weight excluding hydrogens is 387 g/mol. The molecule has 2 aromatic rings. The number of nitrogens with one attached hydrogen (secondary N) is 1. The number of anilines is 2. The van der Waals surface area contributed by atoms with Crippen LogP contribution in [0, 0.1) is 12.7 Å². The van der Waals surface area contributed by atoms with Gasteiger partial charge >= 0.3 is 10.2 Å². The number of primary amides is 1. The summed E-state index contributed by atoms with van der Waals surface area (Å²) in [5, 5.41) is 2.58. The highest BCUT2D eigenvalue weighted by atomic mass is 32.2. The zero-order valence-electron chi connectivity index (χ0n) is 15.6. The molecule has 0 saturated heterocycles. The van der Waals surface area contributed by atoms with Crippen molar-refractivity contribution in [3.8, 4) is 0 Å². The van der Waals surface area contributed by atoms with E-state index in [1.165, 1.54) is 32.3 Å². The van der Waals surface area contributed by atoms with Gasteiger partial charge in [0.15, 0.2) is 0 Å². The maximum atomic E-state index is 13.2. The molecule has 8 nitrogen and oxygen atoms in total. The first kappa shape index (κ1) is 21.3. The van der Waals surface area contributed by atoms with Crippen LogP contribution in [0.2, 0.25) is 0 Å². The van der Waals surface area contributed by atoms with Gasteiger partial charge in [0.05, 0.1) is 5.69 Å². The predicted molar refractivity (Wildman–Crippen MR) is 105 cm³/mol. The molecule has 150 valence electrons. The topological polar surface area (TPSA) is 113 Å². The molecule has 0 saturated carbocycles. The van der Waals surface area contributed by atoms with Gasteiger partial charge in [-0.15, -0.1) is 0 Å². The fraction of sp³-hybridized carbons (Fsp3) is 0.222. The number of carbonyl (C=O) groups is 2. The number of halogens is 1. The van der Waals surface area contributed by atoms with Crippen molar-refractivity contribution in [1.29, 1.82) is 0 Å². The van der Waals surface area contributed by atoms with Gasteiger partial charge in [-0.3, -0.25) is 9.59 Å². The standard InChI is InChI=1S/C18H21FN4O4S/c1-12-15(18(20)25)5-4-6-16(12)21-17(24)11-23(28(26,27)22(2)3)14-9-7-13(19)8-10-14/h4-10H,11H2,1-3H3,(H2,20,25)(H,21,24). The van der Waals surface area contributed by atoms with Crippen LogP contribution in [0.1, 0.15) is 15.9 Å². The van der Waals surface area contributed by atoms with Crippen LogP contribution in [0.15, 0.2) is 42.5 Å². The third-order valence-corrected chi connectivity index (χ3v) is 5.83. The van der Waals surface area contributed by atoms with Crippen molar-refractivity contribution < 1.29 is 22.4 Å². The van der Waals surface area contributed by atoms with E-state index >= 15 is 0 Å². The Bertz CT molecular complexity index is 991. The minimum Gasteiger partial charge on any atom is -0.366 e. The molecule has 0 radical (unpaired) electrons. The van der Waals surface area contributed by atoms with Gasteiger partial charge in [0.25, 0.3) is 0 Å². The molecule has 0 atom stereocenters. The highest BCUT2D eigenvalue weighted by molar-refractivity contribution is 7.90. The average molecular weight is 408 g/mol. The molecule has 0 aliphatic heterocycles. The number of hydrogen-bond acceptors (Lipinski definition) is 4. The molecule has 10 heteroatoms. The average Bonchev–Trinajstić information content (AvgIpc) is 2.62. The Morgan fingerprint density at radius 2 is 1.71 bits per heavy atom. The monoisotopic (exact) mass is 408 g/mol. The normalized spacial score (nSPS) is 11.3. The molecule has 0 heterocycles. The Balaban J connectivity index is 2.32. The molecule has 2 amide bonds. The van der Waals surface area contributed by atoms with Crippen molar-refractivity contribution in [2.45, 2.75) is 6.92 Å². The zero-order chi connectivity index (χ0) is 21.1. The van der Waals surface area contributed by atoms with E-state index in [1.54, 1.807) is 19.1 Å². The molecule has 2 rings (SSSR count). The summed E-state index contributed by atoms with van der Waals surface area (Å²) in [6, 6.07) is 9.39. The minimum absolute atomic E-state index is 0.132. The van der Waals surface area contributed by atoms with E-state index in [1.807, 2.05) is 0 Å². The van der Waals surface area contributed by atoms with Crippen LogP contribution in [-0.2, 0) is 15.0 Å². The van der Waals surface area contributed by atoms with Crippen LogP contribution in [0.3, 0.4) is 0 Å². The Morgan fingerprint density at radius 1 is 1.11 bits per heavy atom. The molecule has 0 bridgehead atoms. The first-order chi connectivity index (χ1) is 13.0. The Labute approximate surface area is 162 Å². The summed E-state index contributed by atoms with van der Waals surface area (Å²) in [4.78, 5) is 24.0. The second-order valence-corrected chi connectivity index (χ2v) is 8.23. The van der Waals surface area contributed by atoms with Gasteiger partial charge in [-0.1, -0.05) is 6.07 Å². The van der Waals surface area contributed by atoms with Crippen LogP contribution in [0.25, 0.3) is 0 Å². The van der Waals surface area contributed by atoms with Crippen LogP contribution >= 0.6 is 0 Å². The summed E-state index contributed by atoms with van der Waals surface area (Å²) in [7, 11) is -1.37. The summed E-state index contributed by atoms with van der Waals surface area (Å²) >= 11 is 0. The minimum atomic E-state index is -4.01. The van der Waals surface area contributed by atoms with Crippen LogP contribution in [-0.4, -0.2) is 45.2 Å². The second kappa shape index (κ2) is 8.36. The fourth-order valence-electron chi connectivity index (χ4n) is 2.47. The lowest BCUT2D eigenvalue weighted by Gasteiger charge is -2.27. The van der Waals surface area contributed by atoms with Gasteiger partial charge in [0.1, 0.15) is 12.4 Å². The smallest absolute Gasteiger partial charge is 0.304 e. The molecule has 3 N–H and O–H groups in total. The van der Waals surface area contributed by atoms with E-state index in [0.717, 1.165) is 20.7 Å². The van der Waals surface area contributed by atoms with Crippen LogP contribution < -0.4 is 15.4 Å². The highest BCUT2D eigenvalue weighted by Gasteiger charge is 2.27. The number of rotatable bonds is 7. The summed E-state index contributed by atoms with van der Waals surface area (Å²) in [5.41, 5.74) is 6.48. The van der Waals surface area contributed by atoms with Crippen molar-refractivity contribution in [2.24, 2.45) is 5.73 Å². The van der Waals surface area contributed by atoms with Crippen LogP contribution in [0.4, 0.5) is 15.8 Å². The summed E-state index contributed by atoms with van der Waals surface area (Å²) in [5.74, 6) is -1.81. The number of amides is 2. The molecule has 2 aromatic carbocycles. The number of nitrogens with zero attached hydrogens (tertiary/aromatic N) is 2. The van der Waals surface area contributed by atoms with Crippen LogP contribution in [0.5, 0.6) is 0 Å². The largest absolute Gasteiger partial charge is 0.366 e. The first-order valence-corrected chi connectivity index (χ1v) is 9.58. The molecular formula is C18H21FN4O4S. The first-order valence-electron chi connectivity index (χ1n) is 8.19. The molecule has 0 spiro atoms. The number of benzene rings is 2. The van der Waals surface area contributed by atoms with Gasteiger partial charge in [-0.2, -0.15) is 12.7 Å². The van der Waals surface area contributed by atoms with E-state index in [9.17, 15) is 22.4 Å². The number of carbonyl (C=O) groups excluding carboxylic acids is 2. The Kier molecular flexibility index (Phi) is 6.37. The Hall–Kier alpha value is -2.98. The lowest BCUT2D eigenvalue weighted by molar-refractivity contribution is -0.114. The van der Waals surface area contributed by atoms with Crippen molar-refractivity contribution in [1.82, 2.24) is 4.31 Å². The lowest BCUT2D eigenvalue weighted by Crippen LogP contribution is -2.44. The lowest BCUT2D eigenvalue weighted by atomic mass is 10.1. The van der Waals surface area contributed by atoms with E-state index in [2.05, 4.69) is 5.32 Å².